The van der Waals surface area contributed by atoms with E-state index in [1.807, 2.05) is 48.8 Å². The summed E-state index contributed by atoms with van der Waals surface area (Å²) in [7, 11) is 1.60. The van der Waals surface area contributed by atoms with Crippen molar-refractivity contribution in [3.05, 3.63) is 83.4 Å². The number of hydrogen-bond donors (Lipinski definition) is 1. The van der Waals surface area contributed by atoms with Crippen LogP contribution in [0.2, 0.25) is 0 Å². The Bertz CT molecular complexity index is 1320. The van der Waals surface area contributed by atoms with Crippen LogP contribution < -0.4 is 10.1 Å². The molecule has 4 aromatic rings. The van der Waals surface area contributed by atoms with Crippen molar-refractivity contribution >= 4 is 29.6 Å². The molecular formula is C23H21N5O3S. The van der Waals surface area contributed by atoms with Crippen LogP contribution in [0.4, 0.5) is 5.69 Å². The maximum absolute atomic E-state index is 12.7. The Morgan fingerprint density at radius 3 is 2.44 bits per heavy atom. The lowest BCUT2D eigenvalue weighted by atomic mass is 10.1. The minimum absolute atomic E-state index is 0.0326. The summed E-state index contributed by atoms with van der Waals surface area (Å²) in [6.07, 6.45) is 3.70. The predicted molar refractivity (Wildman–Crippen MR) is 123 cm³/mol. The molecule has 2 aromatic heterocycles. The van der Waals surface area contributed by atoms with Crippen molar-refractivity contribution in [3.8, 4) is 17.1 Å². The molecule has 162 valence electrons. The topological polar surface area (TPSA) is 83.1 Å². The number of aromatic nitrogens is 4. The average Bonchev–Trinajstić information content (AvgIpc) is 3.42. The standard InChI is InChI=1S/C23H21N5O3S/c1-16(29)17-8-10-19(11-9-17)24-21(30)15-27-23(32)28(26-12-3-4-13-26)22(25-27)18-6-5-7-20(14-18)31-2/h3-14H,15H2,1-2H3,(H,24,30). The quantitative estimate of drug-likeness (QED) is 0.341. The predicted octanol–water partition coefficient (Wildman–Crippen LogP) is 4.04. The van der Waals surface area contributed by atoms with Crippen LogP contribution in [0.15, 0.2) is 73.1 Å². The van der Waals surface area contributed by atoms with Gasteiger partial charge >= 0.3 is 0 Å². The highest BCUT2D eigenvalue weighted by Gasteiger charge is 2.17. The highest BCUT2D eigenvalue weighted by Crippen LogP contribution is 2.23. The molecule has 2 heterocycles. The summed E-state index contributed by atoms with van der Waals surface area (Å²) < 4.78 is 10.7. The van der Waals surface area contributed by atoms with E-state index in [-0.39, 0.29) is 18.2 Å². The molecule has 0 radical (unpaired) electrons. The molecule has 0 aliphatic heterocycles. The van der Waals surface area contributed by atoms with Gasteiger partial charge in [0.1, 0.15) is 12.3 Å². The molecule has 0 saturated carbocycles. The van der Waals surface area contributed by atoms with Gasteiger partial charge in [0.05, 0.1) is 7.11 Å². The second-order valence-corrected chi connectivity index (χ2v) is 7.42. The van der Waals surface area contributed by atoms with E-state index in [1.165, 1.54) is 11.6 Å². The van der Waals surface area contributed by atoms with Crippen LogP contribution in [0.5, 0.6) is 5.75 Å². The highest BCUT2D eigenvalue weighted by atomic mass is 32.1. The van der Waals surface area contributed by atoms with Crippen LogP contribution in [-0.4, -0.2) is 37.9 Å². The molecule has 4 rings (SSSR count). The SMILES string of the molecule is COc1cccc(-c2nn(CC(=O)Nc3ccc(C(C)=O)cc3)c(=S)n2-n2cccc2)c1. The van der Waals surface area contributed by atoms with Gasteiger partial charge in [0.25, 0.3) is 0 Å². The minimum Gasteiger partial charge on any atom is -0.497 e. The van der Waals surface area contributed by atoms with E-state index in [0.29, 0.717) is 27.6 Å². The number of nitrogens with zero attached hydrogens (tertiary/aromatic N) is 4. The largest absolute Gasteiger partial charge is 0.497 e. The lowest BCUT2D eigenvalue weighted by Gasteiger charge is -2.08. The number of ketones is 1. The van der Waals surface area contributed by atoms with E-state index in [2.05, 4.69) is 10.4 Å². The summed E-state index contributed by atoms with van der Waals surface area (Å²) >= 11 is 5.64. The van der Waals surface area contributed by atoms with Gasteiger partial charge in [-0.25, -0.2) is 9.36 Å². The van der Waals surface area contributed by atoms with Crippen LogP contribution in [-0.2, 0) is 11.3 Å². The van der Waals surface area contributed by atoms with Gasteiger partial charge in [-0.05, 0) is 67.7 Å². The van der Waals surface area contributed by atoms with E-state index in [1.54, 1.807) is 40.7 Å². The fourth-order valence-electron chi connectivity index (χ4n) is 3.24. The summed E-state index contributed by atoms with van der Waals surface area (Å²) in [5, 5.41) is 7.44. The van der Waals surface area contributed by atoms with E-state index in [9.17, 15) is 9.59 Å². The first-order valence-electron chi connectivity index (χ1n) is 9.85. The van der Waals surface area contributed by atoms with E-state index < -0.39 is 0 Å². The maximum Gasteiger partial charge on any atom is 0.246 e. The molecule has 1 N–H and O–H groups in total. The molecule has 0 saturated heterocycles. The second kappa shape index (κ2) is 9.03. The summed E-state index contributed by atoms with van der Waals surface area (Å²) in [4.78, 5) is 24.1. The zero-order valence-electron chi connectivity index (χ0n) is 17.6. The number of carbonyl (C=O) groups excluding carboxylic acids is 2. The molecule has 0 fully saturated rings. The first-order valence-corrected chi connectivity index (χ1v) is 10.3. The molecule has 9 heteroatoms. The number of nitrogens with one attached hydrogen (secondary N) is 1. The summed E-state index contributed by atoms with van der Waals surface area (Å²) in [6.45, 7) is 1.43. The van der Waals surface area contributed by atoms with Crippen molar-refractivity contribution in [1.29, 1.82) is 0 Å². The van der Waals surface area contributed by atoms with Crippen molar-refractivity contribution in [2.45, 2.75) is 13.5 Å². The molecule has 0 bridgehead atoms. The third-order valence-electron chi connectivity index (χ3n) is 4.83. The lowest BCUT2D eigenvalue weighted by Crippen LogP contribution is -2.20. The van der Waals surface area contributed by atoms with Gasteiger partial charge in [0.2, 0.25) is 10.7 Å². The maximum atomic E-state index is 12.7. The first kappa shape index (κ1) is 21.3. The van der Waals surface area contributed by atoms with Crippen LogP contribution >= 0.6 is 12.2 Å². The normalized spacial score (nSPS) is 10.7. The third kappa shape index (κ3) is 4.37. The Hall–Kier alpha value is -3.98. The molecule has 0 unspecified atom stereocenters. The number of hydrogen-bond acceptors (Lipinski definition) is 5. The Morgan fingerprint density at radius 2 is 1.78 bits per heavy atom. The monoisotopic (exact) mass is 447 g/mol. The smallest absolute Gasteiger partial charge is 0.246 e. The van der Waals surface area contributed by atoms with Crippen LogP contribution in [0, 0.1) is 4.77 Å². The fourth-order valence-corrected chi connectivity index (χ4v) is 3.52. The van der Waals surface area contributed by atoms with Crippen molar-refractivity contribution in [2.75, 3.05) is 12.4 Å². The van der Waals surface area contributed by atoms with Gasteiger partial charge in [-0.3, -0.25) is 14.3 Å². The number of benzene rings is 2. The highest BCUT2D eigenvalue weighted by molar-refractivity contribution is 7.71. The van der Waals surface area contributed by atoms with Gasteiger partial charge in [0, 0.05) is 29.2 Å². The van der Waals surface area contributed by atoms with Crippen molar-refractivity contribution < 1.29 is 14.3 Å². The lowest BCUT2D eigenvalue weighted by molar-refractivity contribution is -0.116. The Kier molecular flexibility index (Phi) is 6.00. The van der Waals surface area contributed by atoms with Gasteiger partial charge in [0.15, 0.2) is 11.6 Å². The second-order valence-electron chi connectivity index (χ2n) is 7.05. The molecule has 8 nitrogen and oxygen atoms in total. The minimum atomic E-state index is -0.286. The molecule has 1 amide bonds. The van der Waals surface area contributed by atoms with Gasteiger partial charge < -0.3 is 10.1 Å². The van der Waals surface area contributed by atoms with Crippen molar-refractivity contribution in [2.24, 2.45) is 0 Å². The van der Waals surface area contributed by atoms with E-state index >= 15 is 0 Å². The third-order valence-corrected chi connectivity index (χ3v) is 5.22. The van der Waals surface area contributed by atoms with Gasteiger partial charge in [-0.15, -0.1) is 5.10 Å². The number of methoxy groups -OCH3 is 1. The number of carbonyl (C=O) groups is 2. The summed E-state index contributed by atoms with van der Waals surface area (Å²) in [6, 6.07) is 18.0. The molecule has 0 aliphatic rings. The molecule has 0 atom stereocenters. The first-order chi connectivity index (χ1) is 15.5. The van der Waals surface area contributed by atoms with Gasteiger partial charge in [-0.2, -0.15) is 0 Å². The van der Waals surface area contributed by atoms with Crippen LogP contribution in [0.1, 0.15) is 17.3 Å². The average molecular weight is 448 g/mol. The van der Waals surface area contributed by atoms with Gasteiger partial charge in [-0.1, -0.05) is 12.1 Å². The summed E-state index contributed by atoms with van der Waals surface area (Å²) in [5.74, 6) is 0.943. The number of amides is 1. The zero-order chi connectivity index (χ0) is 22.7. The van der Waals surface area contributed by atoms with Crippen LogP contribution in [0.25, 0.3) is 11.4 Å². The molecule has 0 aliphatic carbocycles. The Balaban J connectivity index is 1.65. The molecule has 0 spiro atoms. The molecule has 32 heavy (non-hydrogen) atoms. The number of rotatable bonds is 7. The molecular weight excluding hydrogens is 426 g/mol. The number of Topliss-reactive ketones (excluding diaryl/α,β-unsaturated/α-hetero) is 1. The zero-order valence-corrected chi connectivity index (χ0v) is 18.4. The number of anilines is 1. The van der Waals surface area contributed by atoms with E-state index in [0.717, 1.165) is 5.56 Å². The van der Waals surface area contributed by atoms with Crippen molar-refractivity contribution in [1.82, 2.24) is 19.1 Å². The van der Waals surface area contributed by atoms with Crippen molar-refractivity contribution in [3.63, 3.8) is 0 Å². The van der Waals surface area contributed by atoms with Crippen LogP contribution in [0.3, 0.4) is 0 Å². The Morgan fingerprint density at radius 1 is 1.06 bits per heavy atom. The van der Waals surface area contributed by atoms with E-state index in [4.69, 9.17) is 17.0 Å². The summed E-state index contributed by atoms with van der Waals surface area (Å²) in [5.41, 5.74) is 1.96. The Labute approximate surface area is 189 Å². The molecule has 2 aromatic carbocycles. The fraction of sp³-hybridized carbons (Fsp3) is 0.130. The number of ether oxygens (including phenoxy) is 1.